The highest BCUT2D eigenvalue weighted by Crippen LogP contribution is 2.62. The van der Waals surface area contributed by atoms with Crippen molar-refractivity contribution >= 4 is 16.7 Å². The second-order valence-corrected chi connectivity index (χ2v) is 14.6. The maximum atomic E-state index is 11.6. The van der Waals surface area contributed by atoms with Crippen LogP contribution in [0.25, 0.3) is 21.9 Å². The van der Waals surface area contributed by atoms with Crippen LogP contribution in [0.3, 0.4) is 0 Å². The molecule has 0 heterocycles. The molecule has 45 heavy (non-hydrogen) atoms. The number of hydrogen-bond acceptors (Lipinski definition) is 3. The van der Waals surface area contributed by atoms with Gasteiger partial charge in [0.25, 0.3) is 0 Å². The van der Waals surface area contributed by atoms with E-state index in [0.717, 1.165) is 65.2 Å². The minimum absolute atomic E-state index is 0.205. The van der Waals surface area contributed by atoms with E-state index >= 15 is 0 Å². The van der Waals surface area contributed by atoms with Gasteiger partial charge in [-0.3, -0.25) is 0 Å². The van der Waals surface area contributed by atoms with Gasteiger partial charge in [-0.2, -0.15) is 0 Å². The molecule has 4 heteroatoms. The number of ether oxygens (including phenoxy) is 2. The summed E-state index contributed by atoms with van der Waals surface area (Å²) in [4.78, 5) is 11.6. The van der Waals surface area contributed by atoms with Crippen LogP contribution >= 0.6 is 0 Å². The van der Waals surface area contributed by atoms with Gasteiger partial charge in [-0.1, -0.05) is 89.5 Å². The molecule has 4 aliphatic rings. The Labute approximate surface area is 270 Å². The van der Waals surface area contributed by atoms with Crippen molar-refractivity contribution in [2.75, 3.05) is 13.2 Å². The Morgan fingerprint density at radius 1 is 0.733 bits per heavy atom. The maximum absolute atomic E-state index is 11.6. The van der Waals surface area contributed by atoms with Crippen molar-refractivity contribution in [3.8, 4) is 22.6 Å². The van der Waals surface area contributed by atoms with Crippen molar-refractivity contribution in [2.45, 2.75) is 122 Å². The van der Waals surface area contributed by atoms with Gasteiger partial charge in [-0.15, -0.1) is 0 Å². The molecular formula is C41H54O4. The Morgan fingerprint density at radius 3 is 1.89 bits per heavy atom. The number of unbranched alkanes of at least 4 members (excludes halogenated alkanes) is 8. The van der Waals surface area contributed by atoms with Gasteiger partial charge in [0, 0.05) is 16.5 Å². The SMILES string of the molecule is CCCCCCCOc1cc2ccc(-c3ccc(C(=O)O)cc3)c(OCCCCCCC)c2cc1C12CC3CC(CC(C3)C1)C2. The molecule has 0 saturated heterocycles. The smallest absolute Gasteiger partial charge is 0.335 e. The van der Waals surface area contributed by atoms with Crippen LogP contribution in [0.15, 0.2) is 48.5 Å². The van der Waals surface area contributed by atoms with E-state index in [1.54, 1.807) is 12.1 Å². The molecule has 1 N–H and O–H groups in total. The second-order valence-electron chi connectivity index (χ2n) is 14.6. The van der Waals surface area contributed by atoms with Gasteiger partial charge < -0.3 is 14.6 Å². The number of fused-ring (bicyclic) bond motifs is 1. The lowest BCUT2D eigenvalue weighted by atomic mass is 9.48. The van der Waals surface area contributed by atoms with Gasteiger partial charge in [-0.05, 0) is 110 Å². The summed E-state index contributed by atoms with van der Waals surface area (Å²) in [6.45, 7) is 5.99. The predicted octanol–water partition coefficient (Wildman–Crippen LogP) is 11.4. The number of aromatic carboxylic acids is 1. The fraction of sp³-hybridized carbons (Fsp3) is 0.585. The highest BCUT2D eigenvalue weighted by Gasteiger charge is 2.52. The van der Waals surface area contributed by atoms with Gasteiger partial charge in [0.05, 0.1) is 18.8 Å². The Morgan fingerprint density at radius 2 is 1.31 bits per heavy atom. The zero-order valence-corrected chi connectivity index (χ0v) is 27.8. The molecule has 4 saturated carbocycles. The number of benzene rings is 3. The number of hydrogen-bond donors (Lipinski definition) is 1. The molecule has 242 valence electrons. The predicted molar refractivity (Wildman–Crippen MR) is 185 cm³/mol. The molecule has 0 aromatic heterocycles. The van der Waals surface area contributed by atoms with Crippen LogP contribution in [-0.2, 0) is 5.41 Å². The van der Waals surface area contributed by atoms with Crippen LogP contribution in [0, 0.1) is 17.8 Å². The zero-order chi connectivity index (χ0) is 31.2. The van der Waals surface area contributed by atoms with Gasteiger partial charge in [-0.25, -0.2) is 4.79 Å². The minimum atomic E-state index is -0.901. The molecule has 0 atom stereocenters. The first-order chi connectivity index (χ1) is 22.0. The molecule has 4 nitrogen and oxygen atoms in total. The highest BCUT2D eigenvalue weighted by atomic mass is 16.5. The normalized spacial score (nSPS) is 23.5. The van der Waals surface area contributed by atoms with Crippen molar-refractivity contribution < 1.29 is 19.4 Å². The summed E-state index contributed by atoms with van der Waals surface area (Å²) >= 11 is 0. The topological polar surface area (TPSA) is 55.8 Å². The number of rotatable bonds is 17. The Kier molecular flexibility index (Phi) is 10.4. The molecule has 0 radical (unpaired) electrons. The third-order valence-corrected chi connectivity index (χ3v) is 11.1. The largest absolute Gasteiger partial charge is 0.493 e. The van der Waals surface area contributed by atoms with E-state index in [-0.39, 0.29) is 5.41 Å². The molecular weight excluding hydrogens is 556 g/mol. The minimum Gasteiger partial charge on any atom is -0.493 e. The number of carbonyl (C=O) groups is 1. The molecule has 4 aliphatic carbocycles. The first-order valence-electron chi connectivity index (χ1n) is 18.2. The summed E-state index contributed by atoms with van der Waals surface area (Å²) in [5, 5.41) is 11.8. The molecule has 0 amide bonds. The van der Waals surface area contributed by atoms with Crippen molar-refractivity contribution in [3.05, 3.63) is 59.7 Å². The lowest BCUT2D eigenvalue weighted by molar-refractivity contribution is -0.00633. The van der Waals surface area contributed by atoms with Crippen LogP contribution in [0.5, 0.6) is 11.5 Å². The van der Waals surface area contributed by atoms with Gasteiger partial charge in [0.15, 0.2) is 0 Å². The monoisotopic (exact) mass is 610 g/mol. The molecule has 3 aromatic rings. The lowest BCUT2D eigenvalue weighted by Crippen LogP contribution is -2.48. The zero-order valence-electron chi connectivity index (χ0n) is 27.8. The van der Waals surface area contributed by atoms with E-state index < -0.39 is 5.97 Å². The Bertz CT molecular complexity index is 1400. The van der Waals surface area contributed by atoms with Gasteiger partial charge in [0.1, 0.15) is 11.5 Å². The van der Waals surface area contributed by atoms with Crippen LogP contribution in [0.4, 0.5) is 0 Å². The van der Waals surface area contributed by atoms with E-state index in [2.05, 4.69) is 38.1 Å². The quantitative estimate of drug-likeness (QED) is 0.154. The van der Waals surface area contributed by atoms with Crippen LogP contribution in [0.1, 0.15) is 133 Å². The van der Waals surface area contributed by atoms with Crippen molar-refractivity contribution in [1.82, 2.24) is 0 Å². The van der Waals surface area contributed by atoms with E-state index in [1.165, 1.54) is 101 Å². The molecule has 0 unspecified atom stereocenters. The van der Waals surface area contributed by atoms with Crippen LogP contribution in [-0.4, -0.2) is 24.3 Å². The average Bonchev–Trinajstić information content (AvgIpc) is 3.03. The van der Waals surface area contributed by atoms with Crippen molar-refractivity contribution in [1.29, 1.82) is 0 Å². The summed E-state index contributed by atoms with van der Waals surface area (Å²) in [5.41, 5.74) is 3.96. The number of carboxylic acids is 1. The standard InChI is InChI=1S/C41H54O4/c1-3-5-7-9-11-19-44-38-24-34-17-18-35(32-13-15-33(16-14-32)40(42)43)39(45-20-12-10-8-6-4-2)36(34)25-37(38)41-26-29-21-30(27-41)23-31(22-29)28-41/h13-18,24-25,29-31H,3-12,19-23,26-28H2,1-2H3,(H,42,43). The van der Waals surface area contributed by atoms with E-state index in [1.807, 2.05) is 12.1 Å². The third-order valence-electron chi connectivity index (χ3n) is 11.1. The fourth-order valence-corrected chi connectivity index (χ4v) is 9.24. The second kappa shape index (κ2) is 14.6. The Balaban J connectivity index is 1.39. The Hall–Kier alpha value is -3.01. The fourth-order valence-electron chi connectivity index (χ4n) is 9.24. The molecule has 0 spiro atoms. The molecule has 4 fully saturated rings. The summed E-state index contributed by atoms with van der Waals surface area (Å²) in [6, 6.07) is 16.4. The molecule has 0 aliphatic heterocycles. The van der Waals surface area contributed by atoms with E-state index in [9.17, 15) is 9.90 Å². The molecule has 7 rings (SSSR count). The number of carboxylic acid groups (broad SMARTS) is 1. The van der Waals surface area contributed by atoms with Crippen LogP contribution in [0.2, 0.25) is 0 Å². The lowest BCUT2D eigenvalue weighted by Gasteiger charge is -2.57. The van der Waals surface area contributed by atoms with Gasteiger partial charge in [0.2, 0.25) is 0 Å². The first kappa shape index (κ1) is 32.0. The summed E-state index contributed by atoms with van der Waals surface area (Å²) < 4.78 is 13.5. The summed E-state index contributed by atoms with van der Waals surface area (Å²) in [7, 11) is 0. The molecule has 3 aromatic carbocycles. The van der Waals surface area contributed by atoms with Crippen molar-refractivity contribution in [2.24, 2.45) is 17.8 Å². The van der Waals surface area contributed by atoms with Crippen molar-refractivity contribution in [3.63, 3.8) is 0 Å². The third kappa shape index (κ3) is 7.21. The van der Waals surface area contributed by atoms with E-state index in [4.69, 9.17) is 9.47 Å². The highest BCUT2D eigenvalue weighted by molar-refractivity contribution is 5.97. The molecule has 4 bridgehead atoms. The van der Waals surface area contributed by atoms with E-state index in [0.29, 0.717) is 12.2 Å². The average molecular weight is 611 g/mol. The van der Waals surface area contributed by atoms with Crippen LogP contribution < -0.4 is 9.47 Å². The van der Waals surface area contributed by atoms with Gasteiger partial charge >= 0.3 is 5.97 Å². The summed E-state index contributed by atoms with van der Waals surface area (Å²) in [5.74, 6) is 3.69. The first-order valence-corrected chi connectivity index (χ1v) is 18.2. The summed E-state index contributed by atoms with van der Waals surface area (Å²) in [6.07, 6.45) is 20.3. The maximum Gasteiger partial charge on any atom is 0.335 e.